The molecular formula is C24H29N3O5S. The van der Waals surface area contributed by atoms with Crippen LogP contribution in [0, 0.1) is 20.8 Å². The van der Waals surface area contributed by atoms with Gasteiger partial charge < -0.3 is 19.9 Å². The van der Waals surface area contributed by atoms with E-state index >= 15 is 0 Å². The number of hydrogen-bond acceptors (Lipinski definition) is 6. The Hall–Kier alpha value is -3.07. The summed E-state index contributed by atoms with van der Waals surface area (Å²) in [5.41, 5.74) is 4.56. The van der Waals surface area contributed by atoms with Crippen molar-refractivity contribution in [2.75, 3.05) is 48.8 Å². The van der Waals surface area contributed by atoms with E-state index in [1.165, 1.54) is 22.9 Å². The lowest BCUT2D eigenvalue weighted by atomic mass is 10.1. The summed E-state index contributed by atoms with van der Waals surface area (Å²) in [4.78, 5) is 28.4. The molecule has 0 bridgehead atoms. The van der Waals surface area contributed by atoms with Crippen molar-refractivity contribution in [3.63, 3.8) is 0 Å². The minimum atomic E-state index is -3.69. The molecule has 2 aromatic carbocycles. The van der Waals surface area contributed by atoms with E-state index in [0.717, 1.165) is 13.1 Å². The number of amides is 2. The van der Waals surface area contributed by atoms with Crippen molar-refractivity contribution in [1.82, 2.24) is 4.90 Å². The van der Waals surface area contributed by atoms with Crippen molar-refractivity contribution in [2.24, 2.45) is 0 Å². The van der Waals surface area contributed by atoms with Gasteiger partial charge in [0.25, 0.3) is 5.91 Å². The Labute approximate surface area is 194 Å². The molecule has 33 heavy (non-hydrogen) atoms. The highest BCUT2D eigenvalue weighted by Crippen LogP contribution is 2.33. The van der Waals surface area contributed by atoms with Gasteiger partial charge in [-0.3, -0.25) is 9.59 Å². The summed E-state index contributed by atoms with van der Waals surface area (Å²) in [7, 11) is -3.69. The molecule has 176 valence electrons. The molecule has 0 atom stereocenters. The SMILES string of the molecule is Cc1ccc(C)c(N2CCN(C(=O)CCS(=O)(=O)c3cc4c(cc3C)NC(=O)CO4)CC2)c1. The number of rotatable bonds is 5. The molecule has 1 fully saturated rings. The van der Waals surface area contributed by atoms with E-state index in [0.29, 0.717) is 30.1 Å². The molecule has 0 unspecified atom stereocenters. The number of carbonyl (C=O) groups is 2. The summed E-state index contributed by atoms with van der Waals surface area (Å²) in [6.45, 7) is 8.24. The van der Waals surface area contributed by atoms with E-state index < -0.39 is 9.84 Å². The number of anilines is 2. The lowest BCUT2D eigenvalue weighted by Crippen LogP contribution is -2.49. The minimum Gasteiger partial charge on any atom is -0.482 e. The van der Waals surface area contributed by atoms with E-state index in [9.17, 15) is 18.0 Å². The molecule has 2 aliphatic heterocycles. The smallest absolute Gasteiger partial charge is 0.262 e. The molecule has 4 rings (SSSR count). The number of carbonyl (C=O) groups excluding carboxylic acids is 2. The van der Waals surface area contributed by atoms with Gasteiger partial charge in [-0.15, -0.1) is 0 Å². The standard InChI is InChI=1S/C24H29N3O5S/c1-16-4-5-17(2)20(12-16)26-7-9-27(10-8-26)24(29)6-11-33(30,31)22-14-21-19(13-18(22)3)25-23(28)15-32-21/h4-5,12-14H,6-11,15H2,1-3H3,(H,25,28). The zero-order valence-electron chi connectivity index (χ0n) is 19.2. The van der Waals surface area contributed by atoms with Crippen molar-refractivity contribution >= 4 is 33.0 Å². The molecule has 2 amide bonds. The molecule has 0 aromatic heterocycles. The van der Waals surface area contributed by atoms with E-state index in [-0.39, 0.29) is 35.5 Å². The topological polar surface area (TPSA) is 96.0 Å². The van der Waals surface area contributed by atoms with Crippen LogP contribution in [0.3, 0.4) is 0 Å². The number of hydrogen-bond donors (Lipinski definition) is 1. The maximum absolute atomic E-state index is 13.0. The molecule has 1 saturated heterocycles. The molecule has 0 saturated carbocycles. The zero-order chi connectivity index (χ0) is 23.8. The predicted octanol–water partition coefficient (Wildman–Crippen LogP) is 2.46. The van der Waals surface area contributed by atoms with Gasteiger partial charge in [0.1, 0.15) is 5.75 Å². The summed E-state index contributed by atoms with van der Waals surface area (Å²) in [6.07, 6.45) is -0.0695. The fourth-order valence-corrected chi connectivity index (χ4v) is 5.80. The van der Waals surface area contributed by atoms with Gasteiger partial charge in [0.2, 0.25) is 5.91 Å². The molecular weight excluding hydrogens is 442 g/mol. The van der Waals surface area contributed by atoms with Crippen LogP contribution in [-0.4, -0.2) is 63.7 Å². The van der Waals surface area contributed by atoms with Crippen LogP contribution in [0.25, 0.3) is 0 Å². The average molecular weight is 472 g/mol. The van der Waals surface area contributed by atoms with Crippen LogP contribution < -0.4 is 15.0 Å². The number of benzene rings is 2. The first-order chi connectivity index (χ1) is 15.6. The van der Waals surface area contributed by atoms with Gasteiger partial charge in [-0.05, 0) is 49.6 Å². The molecule has 0 aliphatic carbocycles. The van der Waals surface area contributed by atoms with Gasteiger partial charge in [-0.2, -0.15) is 0 Å². The molecule has 1 N–H and O–H groups in total. The largest absolute Gasteiger partial charge is 0.482 e. The van der Waals surface area contributed by atoms with Crippen LogP contribution in [0.15, 0.2) is 35.2 Å². The van der Waals surface area contributed by atoms with Crippen LogP contribution in [0.2, 0.25) is 0 Å². The fraction of sp³-hybridized carbons (Fsp3) is 0.417. The van der Waals surface area contributed by atoms with Gasteiger partial charge in [-0.1, -0.05) is 12.1 Å². The van der Waals surface area contributed by atoms with Crippen LogP contribution in [0.1, 0.15) is 23.1 Å². The number of aryl methyl sites for hydroxylation is 3. The minimum absolute atomic E-state index is 0.0695. The van der Waals surface area contributed by atoms with E-state index in [1.54, 1.807) is 17.9 Å². The highest BCUT2D eigenvalue weighted by molar-refractivity contribution is 7.91. The van der Waals surface area contributed by atoms with Gasteiger partial charge in [0.05, 0.1) is 16.3 Å². The van der Waals surface area contributed by atoms with E-state index in [2.05, 4.69) is 42.3 Å². The van der Waals surface area contributed by atoms with Crippen LogP contribution in [0.5, 0.6) is 5.75 Å². The Morgan fingerprint density at radius 3 is 2.48 bits per heavy atom. The Morgan fingerprint density at radius 1 is 1.03 bits per heavy atom. The molecule has 2 heterocycles. The summed E-state index contributed by atoms with van der Waals surface area (Å²) in [5.74, 6) is -0.374. The van der Waals surface area contributed by atoms with E-state index in [1.807, 2.05) is 0 Å². The van der Waals surface area contributed by atoms with Crippen LogP contribution >= 0.6 is 0 Å². The highest BCUT2D eigenvalue weighted by Gasteiger charge is 2.27. The Balaban J connectivity index is 1.37. The number of fused-ring (bicyclic) bond motifs is 1. The summed E-state index contributed by atoms with van der Waals surface area (Å²) in [6, 6.07) is 9.39. The van der Waals surface area contributed by atoms with Crippen molar-refractivity contribution in [2.45, 2.75) is 32.1 Å². The number of ether oxygens (including phenoxy) is 1. The van der Waals surface area contributed by atoms with Crippen molar-refractivity contribution in [1.29, 1.82) is 0 Å². The van der Waals surface area contributed by atoms with Crippen molar-refractivity contribution < 1.29 is 22.7 Å². The van der Waals surface area contributed by atoms with Crippen LogP contribution in [-0.2, 0) is 19.4 Å². The molecule has 9 heteroatoms. The van der Waals surface area contributed by atoms with Gasteiger partial charge in [-0.25, -0.2) is 8.42 Å². The highest BCUT2D eigenvalue weighted by atomic mass is 32.2. The number of piperazine rings is 1. The molecule has 2 aromatic rings. The third kappa shape index (κ3) is 4.98. The van der Waals surface area contributed by atoms with Crippen molar-refractivity contribution in [3.05, 3.63) is 47.0 Å². The Morgan fingerprint density at radius 2 is 1.76 bits per heavy atom. The first-order valence-electron chi connectivity index (χ1n) is 11.0. The molecule has 0 spiro atoms. The molecule has 2 aliphatic rings. The lowest BCUT2D eigenvalue weighted by Gasteiger charge is -2.37. The van der Waals surface area contributed by atoms with Gasteiger partial charge in [0.15, 0.2) is 16.4 Å². The third-order valence-corrected chi connectivity index (χ3v) is 8.02. The third-order valence-electron chi connectivity index (χ3n) is 6.17. The normalized spacial score (nSPS) is 16.2. The molecule has 0 radical (unpaired) electrons. The maximum atomic E-state index is 13.0. The second-order valence-electron chi connectivity index (χ2n) is 8.68. The first-order valence-corrected chi connectivity index (χ1v) is 12.7. The van der Waals surface area contributed by atoms with Gasteiger partial charge >= 0.3 is 0 Å². The fourth-order valence-electron chi connectivity index (χ4n) is 4.30. The monoisotopic (exact) mass is 471 g/mol. The second kappa shape index (κ2) is 9.05. The summed E-state index contributed by atoms with van der Waals surface area (Å²) >= 11 is 0. The lowest BCUT2D eigenvalue weighted by molar-refractivity contribution is -0.131. The number of nitrogens with zero attached hydrogens (tertiary/aromatic N) is 2. The Kier molecular flexibility index (Phi) is 6.34. The zero-order valence-corrected chi connectivity index (χ0v) is 20.0. The predicted molar refractivity (Wildman–Crippen MR) is 127 cm³/mol. The average Bonchev–Trinajstić information content (AvgIpc) is 2.78. The maximum Gasteiger partial charge on any atom is 0.262 e. The summed E-state index contributed by atoms with van der Waals surface area (Å²) in [5, 5.41) is 2.67. The Bertz CT molecular complexity index is 1200. The first kappa shape index (κ1) is 23.1. The van der Waals surface area contributed by atoms with Crippen LogP contribution in [0.4, 0.5) is 11.4 Å². The quantitative estimate of drug-likeness (QED) is 0.720. The van der Waals surface area contributed by atoms with E-state index in [4.69, 9.17) is 4.74 Å². The number of nitrogens with one attached hydrogen (secondary N) is 1. The number of sulfone groups is 1. The van der Waals surface area contributed by atoms with Gasteiger partial charge in [0, 0.05) is 44.4 Å². The van der Waals surface area contributed by atoms with Crippen molar-refractivity contribution in [3.8, 4) is 5.75 Å². The molecule has 8 nitrogen and oxygen atoms in total. The second-order valence-corrected chi connectivity index (χ2v) is 10.8. The summed E-state index contributed by atoms with van der Waals surface area (Å²) < 4.78 is 31.3.